The van der Waals surface area contributed by atoms with Gasteiger partial charge in [0.1, 0.15) is 5.82 Å². The lowest BCUT2D eigenvalue weighted by molar-refractivity contribution is 0.0959. The fourth-order valence-corrected chi connectivity index (χ4v) is 2.88. The molecular weight excluding hydrogens is 275 g/mol. The Labute approximate surface area is 120 Å². The van der Waals surface area contributed by atoms with Crippen molar-refractivity contribution in [2.24, 2.45) is 0 Å². The Hall–Kier alpha value is -2.15. The lowest BCUT2D eigenvalue weighted by Crippen LogP contribution is -2.33. The summed E-state index contributed by atoms with van der Waals surface area (Å²) in [6, 6.07) is 2.71. The van der Waals surface area contributed by atoms with Gasteiger partial charge in [-0.2, -0.15) is 0 Å². The third-order valence-corrected chi connectivity index (χ3v) is 3.95. The van der Waals surface area contributed by atoms with E-state index in [2.05, 4.69) is 15.6 Å². The highest BCUT2D eigenvalue weighted by Crippen LogP contribution is 2.24. The van der Waals surface area contributed by atoms with Gasteiger partial charge in [-0.3, -0.25) is 9.36 Å². The molecule has 2 aromatic rings. The number of imidazole rings is 1. The molecule has 1 amide bonds. The lowest BCUT2D eigenvalue weighted by Gasteiger charge is -2.23. The van der Waals surface area contributed by atoms with Gasteiger partial charge in [0.2, 0.25) is 0 Å². The fourth-order valence-electron chi connectivity index (χ4n) is 2.88. The quantitative estimate of drug-likeness (QED) is 0.764. The summed E-state index contributed by atoms with van der Waals surface area (Å²) in [5.74, 6) is -1.13. The number of amides is 1. The average molecular weight is 292 g/mol. The monoisotopic (exact) mass is 292 g/mol. The van der Waals surface area contributed by atoms with E-state index in [1.807, 2.05) is 0 Å². The van der Waals surface area contributed by atoms with Crippen LogP contribution in [0.15, 0.2) is 16.9 Å². The third-order valence-electron chi connectivity index (χ3n) is 3.95. The zero-order valence-corrected chi connectivity index (χ0v) is 11.7. The van der Waals surface area contributed by atoms with Gasteiger partial charge >= 0.3 is 5.69 Å². The van der Waals surface area contributed by atoms with E-state index in [1.165, 1.54) is 19.2 Å². The molecule has 0 aliphatic carbocycles. The fraction of sp³-hybridized carbons (Fsp3) is 0.429. The molecule has 1 fully saturated rings. The Morgan fingerprint density at radius 3 is 2.76 bits per heavy atom. The van der Waals surface area contributed by atoms with Crippen molar-refractivity contribution in [3.63, 3.8) is 0 Å². The van der Waals surface area contributed by atoms with Crippen LogP contribution in [0.1, 0.15) is 29.2 Å². The first-order valence-electron chi connectivity index (χ1n) is 6.98. The minimum absolute atomic E-state index is 0.0535. The molecule has 1 aromatic carbocycles. The number of fused-ring (bicyclic) bond motifs is 1. The van der Waals surface area contributed by atoms with Crippen molar-refractivity contribution < 1.29 is 9.18 Å². The molecular formula is C14H17FN4O2. The molecule has 1 aliphatic rings. The standard InChI is InChI=1S/C14H17FN4O2/c1-16-13(20)9-6-11-12(7-10(9)15)19(14(21)18-11)8-2-4-17-5-3-8/h6-8,17H,2-5H2,1H3,(H,16,20)(H,18,21). The van der Waals surface area contributed by atoms with Crippen LogP contribution in [0.3, 0.4) is 0 Å². The van der Waals surface area contributed by atoms with Gasteiger partial charge in [0.15, 0.2) is 0 Å². The number of nitrogens with one attached hydrogen (secondary N) is 3. The summed E-state index contributed by atoms with van der Waals surface area (Å²) in [4.78, 5) is 26.5. The van der Waals surface area contributed by atoms with Gasteiger partial charge in [-0.25, -0.2) is 9.18 Å². The molecule has 0 unspecified atom stereocenters. The van der Waals surface area contributed by atoms with Crippen molar-refractivity contribution in [3.8, 4) is 0 Å². The highest BCUT2D eigenvalue weighted by atomic mass is 19.1. The van der Waals surface area contributed by atoms with Crippen molar-refractivity contribution >= 4 is 16.9 Å². The normalized spacial score (nSPS) is 16.3. The Bertz CT molecular complexity index is 743. The zero-order chi connectivity index (χ0) is 15.0. The largest absolute Gasteiger partial charge is 0.355 e. The van der Waals surface area contributed by atoms with Crippen LogP contribution in [-0.4, -0.2) is 35.6 Å². The summed E-state index contributed by atoms with van der Waals surface area (Å²) in [7, 11) is 1.44. The Kier molecular flexibility index (Phi) is 3.50. The Morgan fingerprint density at radius 2 is 2.10 bits per heavy atom. The molecule has 3 rings (SSSR count). The predicted octanol–water partition coefficient (Wildman–Crippen LogP) is 0.753. The first-order chi connectivity index (χ1) is 10.1. The van der Waals surface area contributed by atoms with Gasteiger partial charge in [0.25, 0.3) is 5.91 Å². The highest BCUT2D eigenvalue weighted by Gasteiger charge is 2.21. The van der Waals surface area contributed by atoms with E-state index in [0.717, 1.165) is 25.9 Å². The first kappa shape index (κ1) is 13.8. The molecule has 0 saturated carbocycles. The summed E-state index contributed by atoms with van der Waals surface area (Å²) in [6.45, 7) is 1.67. The molecule has 7 heteroatoms. The average Bonchev–Trinajstić information content (AvgIpc) is 2.81. The second-order valence-corrected chi connectivity index (χ2v) is 5.21. The number of aromatic amines is 1. The molecule has 2 heterocycles. The van der Waals surface area contributed by atoms with Crippen molar-refractivity contribution in [3.05, 3.63) is 34.0 Å². The highest BCUT2D eigenvalue weighted by molar-refractivity contribution is 5.97. The number of H-pyrrole nitrogens is 1. The number of nitrogens with zero attached hydrogens (tertiary/aromatic N) is 1. The minimum atomic E-state index is -0.622. The van der Waals surface area contributed by atoms with Crippen molar-refractivity contribution in [2.75, 3.05) is 20.1 Å². The van der Waals surface area contributed by atoms with Gasteiger partial charge in [-0.1, -0.05) is 0 Å². The topological polar surface area (TPSA) is 78.9 Å². The first-order valence-corrected chi connectivity index (χ1v) is 6.98. The maximum atomic E-state index is 14.1. The summed E-state index contributed by atoms with van der Waals surface area (Å²) < 4.78 is 15.7. The summed E-state index contributed by atoms with van der Waals surface area (Å²) in [5.41, 5.74) is 0.671. The smallest absolute Gasteiger partial charge is 0.326 e. The van der Waals surface area contributed by atoms with Gasteiger partial charge in [0.05, 0.1) is 16.6 Å². The van der Waals surface area contributed by atoms with Crippen LogP contribution in [0.25, 0.3) is 11.0 Å². The summed E-state index contributed by atoms with van der Waals surface area (Å²) in [6.07, 6.45) is 1.65. The van der Waals surface area contributed by atoms with Crippen LogP contribution in [0.2, 0.25) is 0 Å². The van der Waals surface area contributed by atoms with E-state index in [0.29, 0.717) is 11.0 Å². The molecule has 1 aliphatic heterocycles. The van der Waals surface area contributed by atoms with Crippen molar-refractivity contribution in [1.82, 2.24) is 20.2 Å². The van der Waals surface area contributed by atoms with Gasteiger partial charge in [-0.15, -0.1) is 0 Å². The number of piperidine rings is 1. The Balaban J connectivity index is 2.14. The maximum Gasteiger partial charge on any atom is 0.326 e. The Morgan fingerprint density at radius 1 is 1.38 bits per heavy atom. The SMILES string of the molecule is CNC(=O)c1cc2[nH]c(=O)n(C3CCNCC3)c2cc1F. The van der Waals surface area contributed by atoms with Crippen LogP contribution >= 0.6 is 0 Å². The molecule has 21 heavy (non-hydrogen) atoms. The number of hydrogen-bond acceptors (Lipinski definition) is 3. The van der Waals surface area contributed by atoms with E-state index in [4.69, 9.17) is 0 Å². The van der Waals surface area contributed by atoms with E-state index in [9.17, 15) is 14.0 Å². The predicted molar refractivity (Wildman–Crippen MR) is 77.0 cm³/mol. The third kappa shape index (κ3) is 2.33. The summed E-state index contributed by atoms with van der Waals surface area (Å²) in [5, 5.41) is 5.62. The molecule has 112 valence electrons. The number of hydrogen-bond donors (Lipinski definition) is 3. The molecule has 3 N–H and O–H groups in total. The van der Waals surface area contributed by atoms with Gasteiger partial charge in [-0.05, 0) is 32.0 Å². The number of carbonyl (C=O) groups excluding carboxylic acids is 1. The molecule has 6 nitrogen and oxygen atoms in total. The van der Waals surface area contributed by atoms with Crippen molar-refractivity contribution in [1.29, 1.82) is 0 Å². The lowest BCUT2D eigenvalue weighted by atomic mass is 10.1. The second-order valence-electron chi connectivity index (χ2n) is 5.21. The molecule has 0 radical (unpaired) electrons. The van der Waals surface area contributed by atoms with Crippen LogP contribution < -0.4 is 16.3 Å². The number of benzene rings is 1. The molecule has 0 spiro atoms. The maximum absolute atomic E-state index is 14.1. The van der Waals surface area contributed by atoms with Crippen LogP contribution in [0, 0.1) is 5.82 Å². The molecule has 0 atom stereocenters. The summed E-state index contributed by atoms with van der Waals surface area (Å²) >= 11 is 0. The van der Waals surface area contributed by atoms with Gasteiger partial charge in [0, 0.05) is 19.2 Å². The van der Waals surface area contributed by atoms with E-state index < -0.39 is 11.7 Å². The number of halogens is 1. The van der Waals surface area contributed by atoms with Crippen LogP contribution in [-0.2, 0) is 0 Å². The number of rotatable bonds is 2. The molecule has 1 saturated heterocycles. The second kappa shape index (κ2) is 5.33. The van der Waals surface area contributed by atoms with Crippen LogP contribution in [0.5, 0.6) is 0 Å². The van der Waals surface area contributed by atoms with E-state index in [-0.39, 0.29) is 17.3 Å². The van der Waals surface area contributed by atoms with E-state index >= 15 is 0 Å². The number of aromatic nitrogens is 2. The minimum Gasteiger partial charge on any atom is -0.355 e. The van der Waals surface area contributed by atoms with Crippen LogP contribution in [0.4, 0.5) is 4.39 Å². The van der Waals surface area contributed by atoms with Gasteiger partial charge < -0.3 is 15.6 Å². The molecule has 1 aromatic heterocycles. The zero-order valence-electron chi connectivity index (χ0n) is 11.7. The number of carbonyl (C=O) groups is 1. The molecule has 0 bridgehead atoms. The van der Waals surface area contributed by atoms with E-state index in [1.54, 1.807) is 4.57 Å². The van der Waals surface area contributed by atoms with Crippen molar-refractivity contribution in [2.45, 2.75) is 18.9 Å².